The van der Waals surface area contributed by atoms with Gasteiger partial charge in [0, 0.05) is 0 Å². The molecule has 152 valence electrons. The quantitative estimate of drug-likeness (QED) is 0.618. The number of quaternary nitrogens is 1. The number of nitrogens with one attached hydrogen (secondary N) is 2. The molecule has 3 rings (SSSR count). The summed E-state index contributed by atoms with van der Waals surface area (Å²) >= 11 is 0. The number of para-hydroxylation sites is 1. The van der Waals surface area contributed by atoms with Gasteiger partial charge in [-0.2, -0.15) is 5.10 Å². The monoisotopic (exact) mass is 393 g/mol. The zero-order valence-corrected chi connectivity index (χ0v) is 17.5. The highest BCUT2D eigenvalue weighted by molar-refractivity contribution is 5.92. The second kappa shape index (κ2) is 9.39. The zero-order chi connectivity index (χ0) is 20.8. The van der Waals surface area contributed by atoms with Crippen molar-refractivity contribution in [2.45, 2.75) is 20.8 Å². The molecule has 2 aromatic carbocycles. The van der Waals surface area contributed by atoms with E-state index in [1.807, 2.05) is 68.0 Å². The van der Waals surface area contributed by atoms with E-state index in [1.54, 1.807) is 0 Å². The Kier molecular flexibility index (Phi) is 6.67. The molecule has 6 nitrogen and oxygen atoms in total. The summed E-state index contributed by atoms with van der Waals surface area (Å²) in [7, 11) is 1.99. The van der Waals surface area contributed by atoms with Crippen LogP contribution in [0.1, 0.15) is 17.0 Å². The Morgan fingerprint density at radius 1 is 1.07 bits per heavy atom. The van der Waals surface area contributed by atoms with E-state index in [0.717, 1.165) is 40.0 Å². The molecule has 0 aliphatic rings. The second-order valence-corrected chi connectivity index (χ2v) is 7.39. The Morgan fingerprint density at radius 2 is 1.76 bits per heavy atom. The maximum Gasteiger partial charge on any atom is 0.279 e. The van der Waals surface area contributed by atoms with Gasteiger partial charge in [0.05, 0.1) is 29.8 Å². The van der Waals surface area contributed by atoms with Crippen molar-refractivity contribution in [3.63, 3.8) is 0 Å². The van der Waals surface area contributed by atoms with Crippen molar-refractivity contribution in [1.82, 2.24) is 9.78 Å². The van der Waals surface area contributed by atoms with Crippen molar-refractivity contribution < 1.29 is 14.4 Å². The van der Waals surface area contributed by atoms with Crippen molar-refractivity contribution in [2.24, 2.45) is 0 Å². The number of hydrogen-bond donors (Lipinski definition) is 2. The van der Waals surface area contributed by atoms with Gasteiger partial charge >= 0.3 is 0 Å². The number of rotatable bonds is 8. The van der Waals surface area contributed by atoms with Crippen molar-refractivity contribution >= 4 is 11.6 Å². The Bertz CT molecular complexity index is 949. The molecule has 0 saturated carbocycles. The number of anilines is 1. The molecule has 0 radical (unpaired) electrons. The zero-order valence-electron chi connectivity index (χ0n) is 17.5. The van der Waals surface area contributed by atoms with Gasteiger partial charge in [0.1, 0.15) is 18.9 Å². The average molecular weight is 394 g/mol. The van der Waals surface area contributed by atoms with Crippen LogP contribution < -0.4 is 15.0 Å². The van der Waals surface area contributed by atoms with E-state index in [-0.39, 0.29) is 5.91 Å². The van der Waals surface area contributed by atoms with E-state index in [4.69, 9.17) is 4.74 Å². The molecule has 1 amide bonds. The Morgan fingerprint density at radius 3 is 2.45 bits per heavy atom. The van der Waals surface area contributed by atoms with Gasteiger partial charge in [-0.15, -0.1) is 0 Å². The highest BCUT2D eigenvalue weighted by atomic mass is 16.5. The number of benzene rings is 2. The van der Waals surface area contributed by atoms with Gasteiger partial charge in [0.25, 0.3) is 5.91 Å². The second-order valence-electron chi connectivity index (χ2n) is 7.39. The molecule has 1 unspecified atom stereocenters. The fourth-order valence-electron chi connectivity index (χ4n) is 3.17. The van der Waals surface area contributed by atoms with Crippen molar-refractivity contribution in [3.8, 4) is 11.4 Å². The smallest absolute Gasteiger partial charge is 0.279 e. The summed E-state index contributed by atoms with van der Waals surface area (Å²) in [6.07, 6.45) is 0. The normalized spacial score (nSPS) is 11.9. The SMILES string of the molecule is Cc1ccc(-n2nc(C)c(NC(=O)C[NH+](C)CCOc3ccccc3)c2C)cc1. The summed E-state index contributed by atoms with van der Waals surface area (Å²) in [5.41, 5.74) is 4.69. The molecule has 1 heterocycles. The largest absolute Gasteiger partial charge is 0.488 e. The van der Waals surface area contributed by atoms with Crippen LogP contribution in [0, 0.1) is 20.8 Å². The van der Waals surface area contributed by atoms with Crippen LogP contribution in [0.4, 0.5) is 5.69 Å². The summed E-state index contributed by atoms with van der Waals surface area (Å²) in [6.45, 7) is 7.61. The third kappa shape index (κ3) is 5.45. The summed E-state index contributed by atoms with van der Waals surface area (Å²) in [4.78, 5) is 13.6. The highest BCUT2D eigenvalue weighted by Crippen LogP contribution is 2.22. The van der Waals surface area contributed by atoms with Crippen LogP contribution in [0.5, 0.6) is 5.75 Å². The lowest BCUT2D eigenvalue weighted by Gasteiger charge is -2.14. The molecule has 3 aromatic rings. The Balaban J connectivity index is 1.55. The summed E-state index contributed by atoms with van der Waals surface area (Å²) in [5.74, 6) is 0.816. The molecule has 0 fully saturated rings. The minimum Gasteiger partial charge on any atom is -0.488 e. The molecule has 1 aromatic heterocycles. The minimum atomic E-state index is -0.0307. The molecule has 0 aliphatic heterocycles. The lowest BCUT2D eigenvalue weighted by atomic mass is 10.2. The standard InChI is InChI=1S/C23H28N4O2/c1-17-10-12-20(13-11-17)27-19(3)23(18(2)25-27)24-22(28)16-26(4)14-15-29-21-8-6-5-7-9-21/h5-13H,14-16H2,1-4H3,(H,24,28)/p+1. The van der Waals surface area contributed by atoms with Crippen molar-refractivity contribution in [2.75, 3.05) is 32.1 Å². The number of aryl methyl sites for hydroxylation is 2. The van der Waals surface area contributed by atoms with Crippen LogP contribution in [0.2, 0.25) is 0 Å². The first-order valence-corrected chi connectivity index (χ1v) is 9.86. The third-order valence-corrected chi connectivity index (χ3v) is 4.84. The van der Waals surface area contributed by atoms with E-state index in [2.05, 4.69) is 29.5 Å². The van der Waals surface area contributed by atoms with E-state index < -0.39 is 0 Å². The molecule has 0 spiro atoms. The Labute approximate surface area is 172 Å². The molecule has 0 saturated heterocycles. The number of hydrogen-bond acceptors (Lipinski definition) is 3. The van der Waals surface area contributed by atoms with Crippen molar-refractivity contribution in [1.29, 1.82) is 0 Å². The highest BCUT2D eigenvalue weighted by Gasteiger charge is 2.17. The van der Waals surface area contributed by atoms with Gasteiger partial charge in [0.2, 0.25) is 0 Å². The number of ether oxygens (including phenoxy) is 1. The predicted molar refractivity (Wildman–Crippen MR) is 115 cm³/mol. The average Bonchev–Trinajstić information content (AvgIpc) is 2.97. The van der Waals surface area contributed by atoms with Crippen LogP contribution in [0.25, 0.3) is 5.69 Å². The molecular formula is C23H29N4O2+. The number of aromatic nitrogens is 2. The van der Waals surface area contributed by atoms with Crippen LogP contribution in [0.3, 0.4) is 0 Å². The van der Waals surface area contributed by atoms with E-state index in [0.29, 0.717) is 13.2 Å². The summed E-state index contributed by atoms with van der Waals surface area (Å²) in [5, 5.41) is 7.64. The van der Waals surface area contributed by atoms with E-state index in [9.17, 15) is 4.79 Å². The number of likely N-dealkylation sites (N-methyl/N-ethyl adjacent to an activating group) is 1. The lowest BCUT2D eigenvalue weighted by Crippen LogP contribution is -3.10. The lowest BCUT2D eigenvalue weighted by molar-refractivity contribution is -0.871. The predicted octanol–water partition coefficient (Wildman–Crippen LogP) is 2.33. The van der Waals surface area contributed by atoms with Gasteiger partial charge in [0.15, 0.2) is 6.54 Å². The van der Waals surface area contributed by atoms with Crippen molar-refractivity contribution in [3.05, 3.63) is 71.5 Å². The fraction of sp³-hybridized carbons (Fsp3) is 0.304. The summed E-state index contributed by atoms with van der Waals surface area (Å²) < 4.78 is 7.58. The van der Waals surface area contributed by atoms with Gasteiger partial charge in [-0.25, -0.2) is 4.68 Å². The van der Waals surface area contributed by atoms with Crippen LogP contribution in [-0.2, 0) is 4.79 Å². The first kappa shape index (κ1) is 20.6. The van der Waals surface area contributed by atoms with E-state index in [1.165, 1.54) is 5.56 Å². The molecule has 0 aliphatic carbocycles. The van der Waals surface area contributed by atoms with Gasteiger partial charge in [-0.3, -0.25) is 4.79 Å². The van der Waals surface area contributed by atoms with Crippen LogP contribution >= 0.6 is 0 Å². The van der Waals surface area contributed by atoms with Crippen LogP contribution in [-0.4, -0.2) is 42.4 Å². The van der Waals surface area contributed by atoms with Crippen LogP contribution in [0.15, 0.2) is 54.6 Å². The number of amides is 1. The fourth-order valence-corrected chi connectivity index (χ4v) is 3.17. The first-order valence-electron chi connectivity index (χ1n) is 9.86. The molecule has 29 heavy (non-hydrogen) atoms. The first-order chi connectivity index (χ1) is 13.9. The topological polar surface area (TPSA) is 60.6 Å². The Hall–Kier alpha value is -3.12. The molecule has 1 atom stereocenters. The van der Waals surface area contributed by atoms with Gasteiger partial charge in [-0.05, 0) is 45.0 Å². The van der Waals surface area contributed by atoms with E-state index >= 15 is 0 Å². The maximum absolute atomic E-state index is 12.5. The number of carbonyl (C=O) groups excluding carboxylic acids is 1. The number of nitrogens with zero attached hydrogens (tertiary/aromatic N) is 2. The third-order valence-electron chi connectivity index (χ3n) is 4.84. The molecule has 6 heteroatoms. The molecule has 2 N–H and O–H groups in total. The van der Waals surface area contributed by atoms with Gasteiger partial charge < -0.3 is 15.0 Å². The van der Waals surface area contributed by atoms with Gasteiger partial charge in [-0.1, -0.05) is 35.9 Å². The maximum atomic E-state index is 12.5. The molecule has 0 bridgehead atoms. The minimum absolute atomic E-state index is 0.0307. The number of carbonyl (C=O) groups is 1. The summed E-state index contributed by atoms with van der Waals surface area (Å²) in [6, 6.07) is 17.9. The molecular weight excluding hydrogens is 364 g/mol.